The first-order chi connectivity index (χ1) is 10.4. The molecule has 0 spiro atoms. The molecule has 22 heavy (non-hydrogen) atoms. The highest BCUT2D eigenvalue weighted by atomic mass is 32.2. The van der Waals surface area contributed by atoms with Crippen molar-refractivity contribution in [1.29, 1.82) is 0 Å². The van der Waals surface area contributed by atoms with Crippen LogP contribution in [0.1, 0.15) is 18.1 Å². The summed E-state index contributed by atoms with van der Waals surface area (Å²) in [5.41, 5.74) is 0.488. The number of hydrogen-bond donors (Lipinski definition) is 1. The van der Waals surface area contributed by atoms with E-state index in [2.05, 4.69) is 10.1 Å². The number of para-hydroxylation sites is 1. The van der Waals surface area contributed by atoms with Crippen LogP contribution in [0.15, 0.2) is 34.9 Å². The number of carbonyl (C=O) groups is 1. The number of nitrogens with zero attached hydrogens (tertiary/aromatic N) is 3. The molecule has 1 N–H and O–H groups in total. The SMILES string of the molecule is CS(=O)(=O)N(Cc1noc(CCC(=O)O)n1)c1ccccc1. The van der Waals surface area contributed by atoms with Crippen LogP contribution in [-0.4, -0.2) is 35.9 Å². The molecule has 0 saturated heterocycles. The zero-order valence-corrected chi connectivity index (χ0v) is 12.7. The second-order valence-electron chi connectivity index (χ2n) is 4.60. The van der Waals surface area contributed by atoms with E-state index in [1.165, 1.54) is 0 Å². The summed E-state index contributed by atoms with van der Waals surface area (Å²) in [6.45, 7) is -0.0839. The molecule has 2 aromatic rings. The molecule has 0 aliphatic carbocycles. The number of carboxylic acids is 1. The van der Waals surface area contributed by atoms with Crippen molar-refractivity contribution in [2.75, 3.05) is 10.6 Å². The number of anilines is 1. The second kappa shape index (κ2) is 6.56. The van der Waals surface area contributed by atoms with Crippen molar-refractivity contribution in [3.8, 4) is 0 Å². The first kappa shape index (κ1) is 16.0. The number of sulfonamides is 1. The molecule has 0 atom stereocenters. The molecule has 0 aliphatic heterocycles. The predicted octanol–water partition coefficient (Wildman–Crippen LogP) is 1.05. The summed E-state index contributed by atoms with van der Waals surface area (Å²) in [7, 11) is -3.52. The molecule has 0 amide bonds. The van der Waals surface area contributed by atoms with Gasteiger partial charge in [0, 0.05) is 6.42 Å². The standard InChI is InChI=1S/C13H15N3O5S/c1-22(19,20)16(10-5-3-2-4-6-10)9-11-14-12(21-15-11)7-8-13(17)18/h2-6H,7-9H2,1H3,(H,17,18). The predicted molar refractivity (Wildman–Crippen MR) is 77.7 cm³/mol. The molecule has 0 bridgehead atoms. The smallest absolute Gasteiger partial charge is 0.303 e. The van der Waals surface area contributed by atoms with Crippen molar-refractivity contribution in [2.45, 2.75) is 19.4 Å². The monoisotopic (exact) mass is 325 g/mol. The van der Waals surface area contributed by atoms with E-state index in [0.29, 0.717) is 5.69 Å². The lowest BCUT2D eigenvalue weighted by Gasteiger charge is -2.20. The summed E-state index contributed by atoms with van der Waals surface area (Å²) < 4.78 is 29.9. The van der Waals surface area contributed by atoms with Crippen molar-refractivity contribution >= 4 is 21.7 Å². The minimum absolute atomic E-state index is 0.0839. The third kappa shape index (κ3) is 4.29. The van der Waals surface area contributed by atoms with Crippen molar-refractivity contribution < 1.29 is 22.8 Å². The molecule has 1 heterocycles. The van der Waals surface area contributed by atoms with E-state index >= 15 is 0 Å². The molecule has 118 valence electrons. The Morgan fingerprint density at radius 2 is 2.00 bits per heavy atom. The van der Waals surface area contributed by atoms with Crippen molar-refractivity contribution in [3.63, 3.8) is 0 Å². The average molecular weight is 325 g/mol. The lowest BCUT2D eigenvalue weighted by Crippen LogP contribution is -2.29. The minimum Gasteiger partial charge on any atom is -0.481 e. The summed E-state index contributed by atoms with van der Waals surface area (Å²) in [6.07, 6.45) is 1.06. The fourth-order valence-electron chi connectivity index (χ4n) is 1.79. The van der Waals surface area contributed by atoms with Gasteiger partial charge in [0.25, 0.3) is 0 Å². The highest BCUT2D eigenvalue weighted by molar-refractivity contribution is 7.92. The van der Waals surface area contributed by atoms with E-state index in [4.69, 9.17) is 9.63 Å². The fourth-order valence-corrected chi connectivity index (χ4v) is 2.65. The first-order valence-electron chi connectivity index (χ1n) is 6.42. The highest BCUT2D eigenvalue weighted by Crippen LogP contribution is 2.19. The second-order valence-corrected chi connectivity index (χ2v) is 6.51. The van der Waals surface area contributed by atoms with E-state index in [0.717, 1.165) is 10.6 Å². The van der Waals surface area contributed by atoms with Crippen LogP contribution in [0.5, 0.6) is 0 Å². The molecule has 1 aromatic carbocycles. The molecule has 0 radical (unpaired) electrons. The maximum atomic E-state index is 11.9. The van der Waals surface area contributed by atoms with Gasteiger partial charge in [-0.05, 0) is 12.1 Å². The van der Waals surface area contributed by atoms with Gasteiger partial charge in [0.2, 0.25) is 15.9 Å². The van der Waals surface area contributed by atoms with Crippen LogP contribution in [-0.2, 0) is 27.8 Å². The Bertz CT molecular complexity index is 742. The van der Waals surface area contributed by atoms with Gasteiger partial charge in [-0.15, -0.1) is 0 Å². The van der Waals surface area contributed by atoms with Crippen molar-refractivity contribution in [3.05, 3.63) is 42.0 Å². The van der Waals surface area contributed by atoms with Gasteiger partial charge < -0.3 is 9.63 Å². The lowest BCUT2D eigenvalue weighted by molar-refractivity contribution is -0.137. The average Bonchev–Trinajstić information content (AvgIpc) is 2.90. The Labute approximate surface area is 127 Å². The van der Waals surface area contributed by atoms with E-state index in [1.54, 1.807) is 30.3 Å². The Morgan fingerprint density at radius 1 is 1.32 bits per heavy atom. The summed E-state index contributed by atoms with van der Waals surface area (Å²) in [5.74, 6) is -0.629. The highest BCUT2D eigenvalue weighted by Gasteiger charge is 2.20. The van der Waals surface area contributed by atoms with Crippen LogP contribution in [0.3, 0.4) is 0 Å². The quantitative estimate of drug-likeness (QED) is 0.809. The number of aromatic nitrogens is 2. The molecule has 0 unspecified atom stereocenters. The number of aryl methyl sites for hydroxylation is 1. The summed E-state index contributed by atoms with van der Waals surface area (Å²) in [5, 5.41) is 12.3. The van der Waals surface area contributed by atoms with Gasteiger partial charge in [0.1, 0.15) is 0 Å². The van der Waals surface area contributed by atoms with Gasteiger partial charge in [0.05, 0.1) is 24.9 Å². The molecular formula is C13H15N3O5S. The summed E-state index contributed by atoms with van der Waals surface area (Å²) in [4.78, 5) is 14.5. The Kier molecular flexibility index (Phi) is 4.76. The van der Waals surface area contributed by atoms with Gasteiger partial charge in [-0.1, -0.05) is 23.4 Å². The maximum absolute atomic E-state index is 11.9. The van der Waals surface area contributed by atoms with Gasteiger partial charge in [0.15, 0.2) is 5.82 Å². The van der Waals surface area contributed by atoms with Gasteiger partial charge in [-0.25, -0.2) is 8.42 Å². The van der Waals surface area contributed by atoms with Crippen LogP contribution in [0.25, 0.3) is 0 Å². The minimum atomic E-state index is -3.52. The molecule has 0 aliphatic rings. The molecule has 8 nitrogen and oxygen atoms in total. The molecule has 9 heteroatoms. The Balaban J connectivity index is 2.17. The molecule has 2 rings (SSSR count). The van der Waals surface area contributed by atoms with Crippen molar-refractivity contribution in [1.82, 2.24) is 10.1 Å². The van der Waals surface area contributed by atoms with Crippen LogP contribution in [0, 0.1) is 0 Å². The van der Waals surface area contributed by atoms with E-state index < -0.39 is 16.0 Å². The third-order valence-electron chi connectivity index (χ3n) is 2.79. The zero-order chi connectivity index (χ0) is 16.2. The summed E-state index contributed by atoms with van der Waals surface area (Å²) >= 11 is 0. The summed E-state index contributed by atoms with van der Waals surface area (Å²) in [6, 6.07) is 8.55. The number of hydrogen-bond acceptors (Lipinski definition) is 6. The van der Waals surface area contributed by atoms with Gasteiger partial charge >= 0.3 is 5.97 Å². The number of aliphatic carboxylic acids is 1. The Hall–Kier alpha value is -2.42. The van der Waals surface area contributed by atoms with Crippen LogP contribution in [0.4, 0.5) is 5.69 Å². The largest absolute Gasteiger partial charge is 0.481 e. The van der Waals surface area contributed by atoms with Gasteiger partial charge in [-0.2, -0.15) is 4.98 Å². The van der Waals surface area contributed by atoms with E-state index in [-0.39, 0.29) is 31.1 Å². The maximum Gasteiger partial charge on any atom is 0.303 e. The number of carboxylic acid groups (broad SMARTS) is 1. The first-order valence-corrected chi connectivity index (χ1v) is 8.27. The van der Waals surface area contributed by atoms with E-state index in [1.807, 2.05) is 0 Å². The number of benzene rings is 1. The van der Waals surface area contributed by atoms with E-state index in [9.17, 15) is 13.2 Å². The van der Waals surface area contributed by atoms with Crippen molar-refractivity contribution in [2.24, 2.45) is 0 Å². The van der Waals surface area contributed by atoms with Crippen LogP contribution >= 0.6 is 0 Å². The number of rotatable bonds is 7. The lowest BCUT2D eigenvalue weighted by atomic mass is 10.3. The topological polar surface area (TPSA) is 114 Å². The molecule has 0 fully saturated rings. The zero-order valence-electron chi connectivity index (χ0n) is 11.8. The molecule has 0 saturated carbocycles. The molecule has 1 aromatic heterocycles. The van der Waals surface area contributed by atoms with Gasteiger partial charge in [-0.3, -0.25) is 9.10 Å². The van der Waals surface area contributed by atoms with Crippen LogP contribution in [0.2, 0.25) is 0 Å². The fraction of sp³-hybridized carbons (Fsp3) is 0.308. The Morgan fingerprint density at radius 3 is 2.59 bits per heavy atom. The molecular weight excluding hydrogens is 310 g/mol. The van der Waals surface area contributed by atoms with Crippen LogP contribution < -0.4 is 4.31 Å². The normalized spacial score (nSPS) is 11.3. The third-order valence-corrected chi connectivity index (χ3v) is 3.93.